The molecule has 0 aliphatic heterocycles. The molecule has 0 spiro atoms. The number of rotatable bonds is 4. The molecule has 4 heteroatoms. The van der Waals surface area contributed by atoms with E-state index in [2.05, 4.69) is 0 Å². The van der Waals surface area contributed by atoms with Gasteiger partial charge in [0.05, 0.1) is 0 Å². The summed E-state index contributed by atoms with van der Waals surface area (Å²) in [4.78, 5) is 0. The maximum atomic E-state index is 9.61. The molecule has 0 amide bonds. The molecule has 1 fully saturated rings. The third-order valence-electron chi connectivity index (χ3n) is 3.09. The SMILES string of the molecule is COC(O)C1CCCCC1[C@@H](O)OC. The molecule has 0 aromatic carbocycles. The lowest BCUT2D eigenvalue weighted by Gasteiger charge is -2.35. The van der Waals surface area contributed by atoms with Gasteiger partial charge in [-0.05, 0) is 12.8 Å². The first-order chi connectivity index (χ1) is 6.70. The molecular formula is C10H20O4. The third kappa shape index (κ3) is 2.67. The predicted molar refractivity (Wildman–Crippen MR) is 51.5 cm³/mol. The quantitative estimate of drug-likeness (QED) is 0.663. The summed E-state index contributed by atoms with van der Waals surface area (Å²) < 4.78 is 9.81. The van der Waals surface area contributed by atoms with Crippen LogP contribution in [0.15, 0.2) is 0 Å². The van der Waals surface area contributed by atoms with E-state index in [1.54, 1.807) is 0 Å². The van der Waals surface area contributed by atoms with Crippen molar-refractivity contribution in [1.82, 2.24) is 0 Å². The molecule has 84 valence electrons. The summed E-state index contributed by atoms with van der Waals surface area (Å²) in [6.45, 7) is 0. The second kappa shape index (κ2) is 5.66. The van der Waals surface area contributed by atoms with E-state index in [4.69, 9.17) is 9.47 Å². The van der Waals surface area contributed by atoms with Crippen LogP contribution in [0, 0.1) is 11.8 Å². The maximum absolute atomic E-state index is 9.61. The monoisotopic (exact) mass is 204 g/mol. The summed E-state index contributed by atoms with van der Waals surface area (Å²) in [6.07, 6.45) is 2.37. The Morgan fingerprint density at radius 2 is 1.29 bits per heavy atom. The number of aliphatic hydroxyl groups excluding tert-OH is 2. The molecule has 1 aliphatic carbocycles. The molecule has 0 aromatic rings. The highest BCUT2D eigenvalue weighted by Crippen LogP contribution is 2.35. The minimum atomic E-state index is -0.787. The van der Waals surface area contributed by atoms with E-state index in [0.29, 0.717) is 0 Å². The van der Waals surface area contributed by atoms with Crippen LogP contribution in [0.2, 0.25) is 0 Å². The van der Waals surface area contributed by atoms with E-state index in [1.165, 1.54) is 14.2 Å². The predicted octanol–water partition coefficient (Wildman–Crippen LogP) is 0.722. The fourth-order valence-corrected chi connectivity index (χ4v) is 2.25. The minimum Gasteiger partial charge on any atom is -0.368 e. The van der Waals surface area contributed by atoms with Crippen LogP contribution in [0.3, 0.4) is 0 Å². The Balaban J connectivity index is 2.58. The normalized spacial score (nSPS) is 32.6. The van der Waals surface area contributed by atoms with Gasteiger partial charge in [-0.25, -0.2) is 0 Å². The highest BCUT2D eigenvalue weighted by molar-refractivity contribution is 4.79. The number of ether oxygens (including phenoxy) is 2. The molecule has 1 aliphatic rings. The fraction of sp³-hybridized carbons (Fsp3) is 1.00. The number of methoxy groups -OCH3 is 2. The third-order valence-corrected chi connectivity index (χ3v) is 3.09. The molecule has 4 atom stereocenters. The van der Waals surface area contributed by atoms with Crippen molar-refractivity contribution in [2.75, 3.05) is 14.2 Å². The highest BCUT2D eigenvalue weighted by atomic mass is 16.6. The van der Waals surface area contributed by atoms with Crippen molar-refractivity contribution < 1.29 is 19.7 Å². The number of aliphatic hydroxyl groups is 2. The van der Waals surface area contributed by atoms with Crippen LogP contribution < -0.4 is 0 Å². The fourth-order valence-electron chi connectivity index (χ4n) is 2.25. The second-order valence-electron chi connectivity index (χ2n) is 3.86. The van der Waals surface area contributed by atoms with Gasteiger partial charge in [-0.1, -0.05) is 12.8 Å². The largest absolute Gasteiger partial charge is 0.368 e. The van der Waals surface area contributed by atoms with E-state index >= 15 is 0 Å². The van der Waals surface area contributed by atoms with Gasteiger partial charge in [0.15, 0.2) is 12.6 Å². The van der Waals surface area contributed by atoms with Gasteiger partial charge in [0.2, 0.25) is 0 Å². The first-order valence-corrected chi connectivity index (χ1v) is 5.12. The van der Waals surface area contributed by atoms with Crippen LogP contribution in [0.4, 0.5) is 0 Å². The number of hydrogen-bond donors (Lipinski definition) is 2. The molecule has 1 rings (SSSR count). The lowest BCUT2D eigenvalue weighted by Crippen LogP contribution is -2.39. The van der Waals surface area contributed by atoms with Gasteiger partial charge in [-0.15, -0.1) is 0 Å². The molecule has 2 N–H and O–H groups in total. The van der Waals surface area contributed by atoms with Crippen molar-refractivity contribution in [2.45, 2.75) is 38.3 Å². The Bertz CT molecular complexity index is 144. The van der Waals surface area contributed by atoms with Crippen molar-refractivity contribution in [1.29, 1.82) is 0 Å². The van der Waals surface area contributed by atoms with Crippen molar-refractivity contribution in [3.63, 3.8) is 0 Å². The van der Waals surface area contributed by atoms with Crippen molar-refractivity contribution >= 4 is 0 Å². The van der Waals surface area contributed by atoms with Crippen molar-refractivity contribution in [3.8, 4) is 0 Å². The van der Waals surface area contributed by atoms with Crippen LogP contribution in [-0.4, -0.2) is 37.0 Å². The molecule has 0 saturated heterocycles. The molecule has 1 saturated carbocycles. The highest BCUT2D eigenvalue weighted by Gasteiger charge is 2.35. The lowest BCUT2D eigenvalue weighted by molar-refractivity contribution is -0.190. The maximum Gasteiger partial charge on any atom is 0.157 e. The second-order valence-corrected chi connectivity index (χ2v) is 3.86. The van der Waals surface area contributed by atoms with Crippen LogP contribution in [-0.2, 0) is 9.47 Å². The Morgan fingerprint density at radius 1 is 0.929 bits per heavy atom. The summed E-state index contributed by atoms with van der Waals surface area (Å²) >= 11 is 0. The number of hydrogen-bond acceptors (Lipinski definition) is 4. The Hall–Kier alpha value is -0.160. The van der Waals surface area contributed by atoms with E-state index in [0.717, 1.165) is 25.7 Å². The Kier molecular flexibility index (Phi) is 4.81. The molecule has 0 aromatic heterocycles. The van der Waals surface area contributed by atoms with E-state index < -0.39 is 12.6 Å². The standard InChI is InChI=1S/C10H20O4/c1-13-9(11)7-5-3-4-6-8(7)10(12)14-2/h7-12H,3-6H2,1-2H3/t7?,8?,9-,10?/m0/s1. The van der Waals surface area contributed by atoms with Gasteiger partial charge >= 0.3 is 0 Å². The van der Waals surface area contributed by atoms with Gasteiger partial charge in [0.25, 0.3) is 0 Å². The summed E-state index contributed by atoms with van der Waals surface area (Å²) in [6, 6.07) is 0. The van der Waals surface area contributed by atoms with Gasteiger partial charge in [0, 0.05) is 26.1 Å². The molecule has 0 radical (unpaired) electrons. The van der Waals surface area contributed by atoms with Crippen LogP contribution in [0.5, 0.6) is 0 Å². The minimum absolute atomic E-state index is 0.0105. The molecule has 3 unspecified atom stereocenters. The van der Waals surface area contributed by atoms with Crippen LogP contribution in [0.25, 0.3) is 0 Å². The Labute approximate surface area is 84.8 Å². The molecular weight excluding hydrogens is 184 g/mol. The Morgan fingerprint density at radius 3 is 1.57 bits per heavy atom. The average molecular weight is 204 g/mol. The van der Waals surface area contributed by atoms with Gasteiger partial charge in [0.1, 0.15) is 0 Å². The van der Waals surface area contributed by atoms with Crippen LogP contribution >= 0.6 is 0 Å². The zero-order valence-corrected chi connectivity index (χ0v) is 8.85. The zero-order chi connectivity index (χ0) is 10.6. The summed E-state index contributed by atoms with van der Waals surface area (Å²) in [5, 5.41) is 19.2. The smallest absolute Gasteiger partial charge is 0.157 e. The molecule has 0 bridgehead atoms. The first-order valence-electron chi connectivity index (χ1n) is 5.12. The topological polar surface area (TPSA) is 58.9 Å². The van der Waals surface area contributed by atoms with Crippen molar-refractivity contribution in [2.24, 2.45) is 11.8 Å². The first kappa shape index (κ1) is 11.9. The molecule has 0 heterocycles. The van der Waals surface area contributed by atoms with E-state index in [-0.39, 0.29) is 11.8 Å². The summed E-state index contributed by atoms with van der Waals surface area (Å²) in [5.74, 6) is -0.0209. The average Bonchev–Trinajstić information content (AvgIpc) is 2.27. The van der Waals surface area contributed by atoms with Crippen molar-refractivity contribution in [3.05, 3.63) is 0 Å². The summed E-state index contributed by atoms with van der Waals surface area (Å²) in [7, 11) is 2.96. The van der Waals surface area contributed by atoms with E-state index in [9.17, 15) is 10.2 Å². The van der Waals surface area contributed by atoms with E-state index in [1.807, 2.05) is 0 Å². The summed E-state index contributed by atoms with van der Waals surface area (Å²) in [5.41, 5.74) is 0. The molecule has 14 heavy (non-hydrogen) atoms. The van der Waals surface area contributed by atoms with Gasteiger partial charge < -0.3 is 19.7 Å². The lowest BCUT2D eigenvalue weighted by atomic mass is 9.78. The van der Waals surface area contributed by atoms with Gasteiger partial charge in [-0.2, -0.15) is 0 Å². The molecule has 4 nitrogen and oxygen atoms in total. The van der Waals surface area contributed by atoms with Gasteiger partial charge in [-0.3, -0.25) is 0 Å². The zero-order valence-electron chi connectivity index (χ0n) is 8.85. The van der Waals surface area contributed by atoms with Crippen LogP contribution in [0.1, 0.15) is 25.7 Å².